The lowest BCUT2D eigenvalue weighted by Gasteiger charge is -2.24. The van der Waals surface area contributed by atoms with Gasteiger partial charge in [0.1, 0.15) is 0 Å². The lowest BCUT2D eigenvalue weighted by atomic mass is 10.1. The fourth-order valence-electron chi connectivity index (χ4n) is 1.68. The molecule has 1 aromatic rings. The Hall–Kier alpha value is -1.55. The highest BCUT2D eigenvalue weighted by Crippen LogP contribution is 2.13. The van der Waals surface area contributed by atoms with E-state index in [2.05, 4.69) is 5.32 Å². The van der Waals surface area contributed by atoms with E-state index >= 15 is 0 Å². The van der Waals surface area contributed by atoms with Gasteiger partial charge in [0, 0.05) is 18.8 Å². The van der Waals surface area contributed by atoms with Crippen LogP contribution in [0, 0.1) is 0 Å². The van der Waals surface area contributed by atoms with Crippen molar-refractivity contribution >= 4 is 11.6 Å². The van der Waals surface area contributed by atoms with Crippen molar-refractivity contribution in [1.82, 2.24) is 10.2 Å². The lowest BCUT2D eigenvalue weighted by Crippen LogP contribution is -2.43. The van der Waals surface area contributed by atoms with Crippen molar-refractivity contribution in [2.45, 2.75) is 32.9 Å². The van der Waals surface area contributed by atoms with Gasteiger partial charge in [-0.3, -0.25) is 9.69 Å². The minimum absolute atomic E-state index is 0.0638. The molecule has 0 heterocycles. The van der Waals surface area contributed by atoms with E-state index in [4.69, 9.17) is 5.73 Å². The number of likely N-dealkylation sites (N-methyl/N-ethyl adjacent to an activating group) is 1. The number of anilines is 1. The van der Waals surface area contributed by atoms with Gasteiger partial charge in [0.25, 0.3) is 0 Å². The molecule has 1 rings (SSSR count). The van der Waals surface area contributed by atoms with Gasteiger partial charge < -0.3 is 11.1 Å². The quantitative estimate of drug-likeness (QED) is 0.753. The first-order valence-electron chi connectivity index (χ1n) is 6.37. The second-order valence-corrected chi connectivity index (χ2v) is 4.58. The van der Waals surface area contributed by atoms with Gasteiger partial charge >= 0.3 is 0 Å². The summed E-state index contributed by atoms with van der Waals surface area (Å²) in [7, 11) is 1.93. The molecule has 18 heavy (non-hydrogen) atoms. The predicted molar refractivity (Wildman–Crippen MR) is 75.1 cm³/mol. The molecule has 0 aliphatic rings. The third kappa shape index (κ3) is 4.04. The van der Waals surface area contributed by atoms with Gasteiger partial charge in [-0.05, 0) is 32.0 Å². The Labute approximate surface area is 109 Å². The number of nitrogen functional groups attached to an aromatic ring is 1. The number of nitrogens with two attached hydrogens (primary N) is 1. The number of para-hydroxylation sites is 1. The fourth-order valence-corrected chi connectivity index (χ4v) is 1.68. The summed E-state index contributed by atoms with van der Waals surface area (Å²) >= 11 is 0. The van der Waals surface area contributed by atoms with Gasteiger partial charge in [0.15, 0.2) is 0 Å². The molecule has 100 valence electrons. The maximum Gasteiger partial charge on any atom is 0.237 e. The number of amides is 1. The number of carbonyl (C=O) groups excluding carboxylic acids is 1. The molecule has 1 aromatic carbocycles. The predicted octanol–water partition coefficient (Wildman–Crippen LogP) is 1.62. The van der Waals surface area contributed by atoms with Gasteiger partial charge in [0.05, 0.1) is 6.04 Å². The minimum atomic E-state index is -0.156. The van der Waals surface area contributed by atoms with Crippen LogP contribution < -0.4 is 11.1 Å². The summed E-state index contributed by atoms with van der Waals surface area (Å²) in [5.74, 6) is 0.0638. The zero-order valence-corrected chi connectivity index (χ0v) is 11.4. The average Bonchev–Trinajstić information content (AvgIpc) is 2.37. The Balaban J connectivity index is 2.57. The van der Waals surface area contributed by atoms with Crippen LogP contribution in [-0.4, -0.2) is 30.4 Å². The van der Waals surface area contributed by atoms with Crippen molar-refractivity contribution in [2.75, 3.05) is 19.3 Å². The van der Waals surface area contributed by atoms with Crippen LogP contribution in [0.15, 0.2) is 24.3 Å². The van der Waals surface area contributed by atoms with Crippen molar-refractivity contribution in [3.63, 3.8) is 0 Å². The molecular formula is C14H23N3O. The molecule has 4 nitrogen and oxygen atoms in total. The number of nitrogens with zero attached hydrogens (tertiary/aromatic N) is 1. The van der Waals surface area contributed by atoms with Gasteiger partial charge in [-0.1, -0.05) is 25.1 Å². The highest BCUT2D eigenvalue weighted by atomic mass is 16.2. The molecule has 0 bridgehead atoms. The monoisotopic (exact) mass is 249 g/mol. The van der Waals surface area contributed by atoms with Gasteiger partial charge in [0.2, 0.25) is 5.91 Å². The summed E-state index contributed by atoms with van der Waals surface area (Å²) in [4.78, 5) is 13.8. The first kappa shape index (κ1) is 14.5. The molecule has 0 aromatic heterocycles. The zero-order valence-electron chi connectivity index (χ0n) is 11.4. The van der Waals surface area contributed by atoms with E-state index in [1.165, 1.54) is 0 Å². The number of rotatable bonds is 6. The van der Waals surface area contributed by atoms with E-state index in [0.29, 0.717) is 6.54 Å². The Kier molecular flexibility index (Phi) is 5.65. The van der Waals surface area contributed by atoms with E-state index in [9.17, 15) is 4.79 Å². The molecule has 1 unspecified atom stereocenters. The van der Waals surface area contributed by atoms with E-state index in [0.717, 1.165) is 24.2 Å². The highest BCUT2D eigenvalue weighted by molar-refractivity contribution is 5.81. The smallest absolute Gasteiger partial charge is 0.237 e. The molecule has 1 atom stereocenters. The Morgan fingerprint density at radius 3 is 2.72 bits per heavy atom. The molecule has 0 saturated carbocycles. The lowest BCUT2D eigenvalue weighted by molar-refractivity contribution is -0.125. The van der Waals surface area contributed by atoms with Crippen molar-refractivity contribution in [2.24, 2.45) is 0 Å². The van der Waals surface area contributed by atoms with Crippen LogP contribution in [0.5, 0.6) is 0 Å². The highest BCUT2D eigenvalue weighted by Gasteiger charge is 2.17. The van der Waals surface area contributed by atoms with Crippen molar-refractivity contribution in [3.8, 4) is 0 Å². The number of benzene rings is 1. The normalized spacial score (nSPS) is 12.4. The van der Waals surface area contributed by atoms with Crippen molar-refractivity contribution < 1.29 is 4.79 Å². The fraction of sp³-hybridized carbons (Fsp3) is 0.500. The number of hydrogen-bond acceptors (Lipinski definition) is 3. The standard InChI is InChI=1S/C14H23N3O/c1-4-9-16-14(18)11(2)17(3)10-12-7-5-6-8-13(12)15/h5-8,11H,4,9-10,15H2,1-3H3,(H,16,18). The summed E-state index contributed by atoms with van der Waals surface area (Å²) < 4.78 is 0. The Morgan fingerprint density at radius 1 is 1.44 bits per heavy atom. The first-order chi connectivity index (χ1) is 8.56. The van der Waals surface area contributed by atoms with Crippen molar-refractivity contribution in [3.05, 3.63) is 29.8 Å². The maximum absolute atomic E-state index is 11.8. The summed E-state index contributed by atoms with van der Waals surface area (Å²) in [6.07, 6.45) is 0.952. The second kappa shape index (κ2) is 7.01. The van der Waals surface area contributed by atoms with E-state index in [1.807, 2.05) is 50.1 Å². The second-order valence-electron chi connectivity index (χ2n) is 4.58. The number of nitrogens with one attached hydrogen (secondary N) is 1. The van der Waals surface area contributed by atoms with Crippen LogP contribution in [0.1, 0.15) is 25.8 Å². The van der Waals surface area contributed by atoms with E-state index < -0.39 is 0 Å². The molecule has 4 heteroatoms. The van der Waals surface area contributed by atoms with Crippen LogP contribution in [0.3, 0.4) is 0 Å². The largest absolute Gasteiger partial charge is 0.398 e. The van der Waals surface area contributed by atoms with Gasteiger partial charge in [-0.25, -0.2) is 0 Å². The van der Waals surface area contributed by atoms with Crippen LogP contribution in [0.2, 0.25) is 0 Å². The van der Waals surface area contributed by atoms with Gasteiger partial charge in [-0.15, -0.1) is 0 Å². The molecule has 3 N–H and O–H groups in total. The van der Waals surface area contributed by atoms with Crippen LogP contribution in [0.4, 0.5) is 5.69 Å². The molecule has 0 aliphatic heterocycles. The van der Waals surface area contributed by atoms with E-state index in [-0.39, 0.29) is 11.9 Å². The topological polar surface area (TPSA) is 58.4 Å². The first-order valence-corrected chi connectivity index (χ1v) is 6.37. The average molecular weight is 249 g/mol. The van der Waals surface area contributed by atoms with E-state index in [1.54, 1.807) is 0 Å². The summed E-state index contributed by atoms with van der Waals surface area (Å²) in [6, 6.07) is 7.58. The molecule has 0 radical (unpaired) electrons. The summed E-state index contributed by atoms with van der Waals surface area (Å²) in [5, 5.41) is 2.90. The maximum atomic E-state index is 11.8. The molecule has 0 aliphatic carbocycles. The molecule has 1 amide bonds. The summed E-state index contributed by atoms with van der Waals surface area (Å²) in [6.45, 7) is 5.35. The Bertz CT molecular complexity index is 392. The summed E-state index contributed by atoms with van der Waals surface area (Å²) in [5.41, 5.74) is 7.72. The zero-order chi connectivity index (χ0) is 13.5. The SMILES string of the molecule is CCCNC(=O)C(C)N(C)Cc1ccccc1N. The molecule has 0 fully saturated rings. The molecule has 0 spiro atoms. The molecular weight excluding hydrogens is 226 g/mol. The number of hydrogen-bond donors (Lipinski definition) is 2. The molecule has 0 saturated heterocycles. The third-order valence-corrected chi connectivity index (χ3v) is 3.06. The third-order valence-electron chi connectivity index (χ3n) is 3.06. The Morgan fingerprint density at radius 2 is 2.11 bits per heavy atom. The van der Waals surface area contributed by atoms with Crippen LogP contribution in [-0.2, 0) is 11.3 Å². The van der Waals surface area contributed by atoms with Gasteiger partial charge in [-0.2, -0.15) is 0 Å². The van der Waals surface area contributed by atoms with Crippen LogP contribution >= 0.6 is 0 Å². The number of carbonyl (C=O) groups is 1. The van der Waals surface area contributed by atoms with Crippen molar-refractivity contribution in [1.29, 1.82) is 0 Å². The van der Waals surface area contributed by atoms with Crippen LogP contribution in [0.25, 0.3) is 0 Å². The minimum Gasteiger partial charge on any atom is -0.398 e.